The van der Waals surface area contributed by atoms with Crippen LogP contribution in [-0.4, -0.2) is 37.5 Å². The molecule has 1 aromatic heterocycles. The van der Waals surface area contributed by atoms with Crippen LogP contribution in [0.3, 0.4) is 0 Å². The van der Waals surface area contributed by atoms with E-state index < -0.39 is 5.97 Å². The average Bonchev–Trinajstić information content (AvgIpc) is 2.90. The second-order valence-corrected chi connectivity index (χ2v) is 6.05. The van der Waals surface area contributed by atoms with Crippen LogP contribution in [-0.2, 0) is 30.8 Å². The van der Waals surface area contributed by atoms with Gasteiger partial charge in [0.05, 0.1) is 21.9 Å². The maximum absolute atomic E-state index is 10.6. The first-order chi connectivity index (χ1) is 10.5. The highest BCUT2D eigenvalue weighted by molar-refractivity contribution is 6.42. The van der Waals surface area contributed by atoms with Crippen LogP contribution in [0.1, 0.15) is 16.8 Å². The highest BCUT2D eigenvalue weighted by Crippen LogP contribution is 2.32. The molecule has 2 aromatic rings. The minimum Gasteiger partial charge on any atom is -0.480 e. The predicted octanol–water partition coefficient (Wildman–Crippen LogP) is 2.23. The van der Waals surface area contributed by atoms with E-state index in [0.717, 1.165) is 24.2 Å². The Balaban J connectivity index is 1.71. The minimum absolute atomic E-state index is 0.183. The van der Waals surface area contributed by atoms with E-state index in [1.807, 2.05) is 12.1 Å². The lowest BCUT2D eigenvalue weighted by molar-refractivity contribution is -0.137. The first kappa shape index (κ1) is 15.3. The molecule has 1 aliphatic heterocycles. The molecule has 0 fully saturated rings. The Morgan fingerprint density at radius 3 is 2.95 bits per heavy atom. The normalized spacial score (nSPS) is 14.8. The third-order valence-corrected chi connectivity index (χ3v) is 4.48. The van der Waals surface area contributed by atoms with Gasteiger partial charge in [0.1, 0.15) is 6.54 Å². The standard InChI is InChI=1S/C14H14Cl2N4O2/c15-12-2-1-9-3-4-19(7-11(9)14(12)16)5-10-6-20(18-17-10)8-13(21)22/h1-2,6H,3-5,7-8H2,(H,21,22). The maximum Gasteiger partial charge on any atom is 0.325 e. The van der Waals surface area contributed by atoms with Crippen LogP contribution in [0.25, 0.3) is 0 Å². The lowest BCUT2D eigenvalue weighted by atomic mass is 9.99. The molecule has 1 N–H and O–H groups in total. The molecule has 0 spiro atoms. The van der Waals surface area contributed by atoms with E-state index in [0.29, 0.717) is 23.1 Å². The summed E-state index contributed by atoms with van der Waals surface area (Å²) >= 11 is 12.4. The molecule has 22 heavy (non-hydrogen) atoms. The SMILES string of the molecule is O=C(O)Cn1cc(CN2CCc3ccc(Cl)c(Cl)c3C2)nn1. The Morgan fingerprint density at radius 2 is 2.18 bits per heavy atom. The van der Waals surface area contributed by atoms with E-state index in [-0.39, 0.29) is 6.54 Å². The number of rotatable bonds is 4. The van der Waals surface area contributed by atoms with Crippen molar-refractivity contribution in [3.05, 3.63) is 45.2 Å². The number of aliphatic carboxylic acids is 1. The van der Waals surface area contributed by atoms with E-state index in [1.165, 1.54) is 10.2 Å². The Kier molecular flexibility index (Phi) is 4.33. The molecule has 2 heterocycles. The fourth-order valence-corrected chi connectivity index (χ4v) is 3.03. The summed E-state index contributed by atoms with van der Waals surface area (Å²) in [5.74, 6) is -0.940. The van der Waals surface area contributed by atoms with Gasteiger partial charge in [-0.3, -0.25) is 9.69 Å². The summed E-state index contributed by atoms with van der Waals surface area (Å²) in [6.45, 7) is 2.00. The molecule has 6 nitrogen and oxygen atoms in total. The molecule has 0 radical (unpaired) electrons. The zero-order valence-electron chi connectivity index (χ0n) is 11.7. The first-order valence-corrected chi connectivity index (χ1v) is 7.57. The van der Waals surface area contributed by atoms with Crippen molar-refractivity contribution < 1.29 is 9.90 Å². The van der Waals surface area contributed by atoms with Crippen molar-refractivity contribution in [3.63, 3.8) is 0 Å². The van der Waals surface area contributed by atoms with Gasteiger partial charge in [-0.1, -0.05) is 34.5 Å². The Bertz CT molecular complexity index is 717. The van der Waals surface area contributed by atoms with Crippen molar-refractivity contribution >= 4 is 29.2 Å². The molecule has 0 unspecified atom stereocenters. The molecule has 0 atom stereocenters. The molecule has 8 heteroatoms. The number of nitrogens with zero attached hydrogens (tertiary/aromatic N) is 4. The second kappa shape index (κ2) is 6.24. The zero-order valence-corrected chi connectivity index (χ0v) is 13.2. The van der Waals surface area contributed by atoms with Gasteiger partial charge in [-0.05, 0) is 23.6 Å². The van der Waals surface area contributed by atoms with Gasteiger partial charge in [0, 0.05) is 19.6 Å². The lowest BCUT2D eigenvalue weighted by Crippen LogP contribution is -2.30. The molecule has 1 aromatic carbocycles. The van der Waals surface area contributed by atoms with Gasteiger partial charge < -0.3 is 5.11 Å². The molecular formula is C14H14Cl2N4O2. The minimum atomic E-state index is -0.940. The highest BCUT2D eigenvalue weighted by atomic mass is 35.5. The van der Waals surface area contributed by atoms with Crippen molar-refractivity contribution in [2.75, 3.05) is 6.54 Å². The van der Waals surface area contributed by atoms with E-state index in [2.05, 4.69) is 15.2 Å². The van der Waals surface area contributed by atoms with E-state index in [9.17, 15) is 4.79 Å². The number of hydrogen-bond acceptors (Lipinski definition) is 4. The third-order valence-electron chi connectivity index (χ3n) is 3.64. The zero-order chi connectivity index (χ0) is 15.7. The maximum atomic E-state index is 10.6. The van der Waals surface area contributed by atoms with Crippen LogP contribution in [0.15, 0.2) is 18.3 Å². The van der Waals surface area contributed by atoms with Crippen molar-refractivity contribution in [2.45, 2.75) is 26.1 Å². The monoisotopic (exact) mass is 340 g/mol. The molecule has 1 aliphatic rings. The average molecular weight is 341 g/mol. The number of carbonyl (C=O) groups is 1. The summed E-state index contributed by atoms with van der Waals surface area (Å²) in [7, 11) is 0. The van der Waals surface area contributed by atoms with Crippen LogP contribution < -0.4 is 0 Å². The van der Waals surface area contributed by atoms with Crippen LogP contribution in [0, 0.1) is 0 Å². The molecular weight excluding hydrogens is 327 g/mol. The number of carboxylic acids is 1. The summed E-state index contributed by atoms with van der Waals surface area (Å²) in [4.78, 5) is 12.8. The van der Waals surface area contributed by atoms with Gasteiger partial charge in [-0.15, -0.1) is 5.10 Å². The number of aromatic nitrogens is 3. The van der Waals surface area contributed by atoms with E-state index in [1.54, 1.807) is 6.20 Å². The molecule has 0 aliphatic carbocycles. The Morgan fingerprint density at radius 1 is 1.36 bits per heavy atom. The smallest absolute Gasteiger partial charge is 0.325 e. The van der Waals surface area contributed by atoms with E-state index in [4.69, 9.17) is 28.3 Å². The summed E-state index contributed by atoms with van der Waals surface area (Å²) in [6.07, 6.45) is 2.55. The van der Waals surface area contributed by atoms with Crippen LogP contribution in [0.2, 0.25) is 10.0 Å². The molecule has 0 saturated heterocycles. The number of halogens is 2. The quantitative estimate of drug-likeness (QED) is 0.923. The molecule has 0 saturated carbocycles. The molecule has 3 rings (SSSR count). The van der Waals surface area contributed by atoms with Gasteiger partial charge in [0.2, 0.25) is 0 Å². The second-order valence-electron chi connectivity index (χ2n) is 5.26. The number of fused-ring (bicyclic) bond motifs is 1. The summed E-state index contributed by atoms with van der Waals surface area (Å²) in [5.41, 5.74) is 3.02. The largest absolute Gasteiger partial charge is 0.480 e. The van der Waals surface area contributed by atoms with Gasteiger partial charge in [0.15, 0.2) is 0 Å². The number of carboxylic acid groups (broad SMARTS) is 1. The Labute approximate surface area is 137 Å². The third kappa shape index (κ3) is 3.24. The van der Waals surface area contributed by atoms with Gasteiger partial charge in [-0.25, -0.2) is 4.68 Å². The van der Waals surface area contributed by atoms with Crippen molar-refractivity contribution in [3.8, 4) is 0 Å². The topological polar surface area (TPSA) is 71.2 Å². The fourth-order valence-electron chi connectivity index (χ4n) is 2.61. The fraction of sp³-hybridized carbons (Fsp3) is 0.357. The molecule has 0 amide bonds. The highest BCUT2D eigenvalue weighted by Gasteiger charge is 2.21. The predicted molar refractivity (Wildman–Crippen MR) is 81.9 cm³/mol. The van der Waals surface area contributed by atoms with Gasteiger partial charge in [0.25, 0.3) is 0 Å². The molecule has 116 valence electrons. The summed E-state index contributed by atoms with van der Waals surface area (Å²) < 4.78 is 1.32. The van der Waals surface area contributed by atoms with Crippen LogP contribution >= 0.6 is 23.2 Å². The summed E-state index contributed by atoms with van der Waals surface area (Å²) in [6, 6.07) is 3.85. The van der Waals surface area contributed by atoms with Crippen molar-refractivity contribution in [1.29, 1.82) is 0 Å². The van der Waals surface area contributed by atoms with Gasteiger partial charge in [-0.2, -0.15) is 0 Å². The van der Waals surface area contributed by atoms with Crippen LogP contribution in [0.4, 0.5) is 0 Å². The van der Waals surface area contributed by atoms with Crippen LogP contribution in [0.5, 0.6) is 0 Å². The van der Waals surface area contributed by atoms with E-state index >= 15 is 0 Å². The summed E-state index contributed by atoms with van der Waals surface area (Å²) in [5, 5.41) is 17.7. The Hall–Kier alpha value is -1.63. The first-order valence-electron chi connectivity index (χ1n) is 6.82. The molecule has 0 bridgehead atoms. The number of benzene rings is 1. The van der Waals surface area contributed by atoms with Crippen molar-refractivity contribution in [2.24, 2.45) is 0 Å². The van der Waals surface area contributed by atoms with Crippen molar-refractivity contribution in [1.82, 2.24) is 19.9 Å². The van der Waals surface area contributed by atoms with Gasteiger partial charge >= 0.3 is 5.97 Å². The lowest BCUT2D eigenvalue weighted by Gasteiger charge is -2.28. The number of hydrogen-bond donors (Lipinski definition) is 1.